The number of anilines is 1. The van der Waals surface area contributed by atoms with Crippen LogP contribution in [-0.2, 0) is 4.74 Å². The Morgan fingerprint density at radius 1 is 1.62 bits per heavy atom. The summed E-state index contributed by atoms with van der Waals surface area (Å²) in [6.07, 6.45) is -0.789. The van der Waals surface area contributed by atoms with Gasteiger partial charge in [0.15, 0.2) is 0 Å². The molecule has 1 unspecified atom stereocenters. The fourth-order valence-corrected chi connectivity index (χ4v) is 1.51. The molecule has 88 valence electrons. The number of nitrogens with one attached hydrogen (secondary N) is 1. The van der Waals surface area contributed by atoms with Gasteiger partial charge in [0.1, 0.15) is 0 Å². The molecule has 1 rings (SSSR count). The number of hydrogen-bond acceptors (Lipinski definition) is 5. The topological polar surface area (TPSA) is 84.6 Å². The lowest BCUT2D eigenvalue weighted by molar-refractivity contribution is 0.0594. The second-order valence-electron chi connectivity index (χ2n) is 3.38. The van der Waals surface area contributed by atoms with Crippen molar-refractivity contribution in [3.05, 3.63) is 29.3 Å². The van der Waals surface area contributed by atoms with Gasteiger partial charge < -0.3 is 20.9 Å². The Morgan fingerprint density at radius 3 is 2.88 bits per heavy atom. The summed E-state index contributed by atoms with van der Waals surface area (Å²) in [6, 6.07) is 4.95. The molecule has 1 aromatic carbocycles. The fourth-order valence-electron chi connectivity index (χ4n) is 1.51. The fraction of sp³-hybridized carbons (Fsp3) is 0.364. The molecular weight excluding hydrogens is 208 g/mol. The Bertz CT molecular complexity index is 379. The van der Waals surface area contributed by atoms with E-state index in [0.29, 0.717) is 17.8 Å². The molecule has 0 radical (unpaired) electrons. The highest BCUT2D eigenvalue weighted by Gasteiger charge is 2.19. The molecule has 1 aromatic rings. The van der Waals surface area contributed by atoms with Crippen LogP contribution in [0.15, 0.2) is 18.2 Å². The predicted molar refractivity (Wildman–Crippen MR) is 61.1 cm³/mol. The van der Waals surface area contributed by atoms with Crippen LogP contribution in [0, 0.1) is 0 Å². The van der Waals surface area contributed by atoms with Crippen LogP contribution in [0.2, 0.25) is 0 Å². The average Bonchev–Trinajstić information content (AvgIpc) is 2.28. The van der Waals surface area contributed by atoms with Crippen molar-refractivity contribution in [3.63, 3.8) is 0 Å². The van der Waals surface area contributed by atoms with Crippen molar-refractivity contribution in [3.8, 4) is 0 Å². The van der Waals surface area contributed by atoms with Gasteiger partial charge in [0, 0.05) is 12.2 Å². The summed E-state index contributed by atoms with van der Waals surface area (Å²) >= 11 is 0. The van der Waals surface area contributed by atoms with Crippen LogP contribution in [0.25, 0.3) is 0 Å². The van der Waals surface area contributed by atoms with E-state index in [9.17, 15) is 9.90 Å². The normalized spacial score (nSPS) is 12.2. The number of methoxy groups -OCH3 is 1. The van der Waals surface area contributed by atoms with Crippen LogP contribution in [0.3, 0.4) is 0 Å². The number of nitrogens with two attached hydrogens (primary N) is 1. The van der Waals surface area contributed by atoms with Gasteiger partial charge in [-0.15, -0.1) is 0 Å². The molecule has 1 atom stereocenters. The molecule has 0 spiro atoms. The predicted octanol–water partition coefficient (Wildman–Crippen LogP) is 0.308. The molecule has 0 aliphatic carbocycles. The molecule has 0 aromatic heterocycles. The van der Waals surface area contributed by atoms with E-state index in [2.05, 4.69) is 10.1 Å². The number of benzene rings is 1. The number of likely N-dealkylation sites (N-methyl/N-ethyl adjacent to an activating group) is 1. The Morgan fingerprint density at radius 2 is 2.31 bits per heavy atom. The standard InChI is InChI=1S/C11H16N2O3/c1-13-6-9(14)7-4-3-5-8(12)10(7)11(15)16-2/h3-5,9,13-14H,6,12H2,1-2H3. The smallest absolute Gasteiger partial charge is 0.340 e. The number of carbonyl (C=O) groups is 1. The summed E-state index contributed by atoms with van der Waals surface area (Å²) in [6.45, 7) is 0.341. The minimum Gasteiger partial charge on any atom is -0.465 e. The SMILES string of the molecule is CNCC(O)c1cccc(N)c1C(=O)OC. The van der Waals surface area contributed by atoms with Crippen molar-refractivity contribution in [1.82, 2.24) is 5.32 Å². The zero-order chi connectivity index (χ0) is 12.1. The number of aliphatic hydroxyl groups is 1. The number of ether oxygens (including phenoxy) is 1. The van der Waals surface area contributed by atoms with Crippen LogP contribution in [0.1, 0.15) is 22.0 Å². The van der Waals surface area contributed by atoms with Gasteiger partial charge in [-0.25, -0.2) is 4.79 Å². The van der Waals surface area contributed by atoms with Crippen molar-refractivity contribution >= 4 is 11.7 Å². The van der Waals surface area contributed by atoms with Crippen LogP contribution in [0.5, 0.6) is 0 Å². The highest BCUT2D eigenvalue weighted by atomic mass is 16.5. The molecule has 16 heavy (non-hydrogen) atoms. The summed E-state index contributed by atoms with van der Waals surface area (Å²) in [5.74, 6) is -0.539. The summed E-state index contributed by atoms with van der Waals surface area (Å²) in [5, 5.41) is 12.7. The molecule has 4 N–H and O–H groups in total. The van der Waals surface area contributed by atoms with Crippen molar-refractivity contribution in [2.75, 3.05) is 26.4 Å². The first kappa shape index (κ1) is 12.5. The van der Waals surface area contributed by atoms with E-state index < -0.39 is 12.1 Å². The number of carbonyl (C=O) groups excluding carboxylic acids is 1. The van der Waals surface area contributed by atoms with Gasteiger partial charge in [-0.05, 0) is 18.7 Å². The third kappa shape index (κ3) is 2.50. The van der Waals surface area contributed by atoms with Gasteiger partial charge in [0.25, 0.3) is 0 Å². The zero-order valence-electron chi connectivity index (χ0n) is 9.36. The summed E-state index contributed by atoms with van der Waals surface area (Å²) in [4.78, 5) is 11.5. The lowest BCUT2D eigenvalue weighted by Gasteiger charge is -2.15. The minimum atomic E-state index is -0.789. The highest BCUT2D eigenvalue weighted by Crippen LogP contribution is 2.23. The molecule has 0 bridgehead atoms. The van der Waals surface area contributed by atoms with Gasteiger partial charge >= 0.3 is 5.97 Å². The van der Waals surface area contributed by atoms with Gasteiger partial charge in [0.2, 0.25) is 0 Å². The minimum absolute atomic E-state index is 0.229. The molecule has 0 aliphatic heterocycles. The van der Waals surface area contributed by atoms with E-state index in [1.54, 1.807) is 25.2 Å². The largest absolute Gasteiger partial charge is 0.465 e. The quantitative estimate of drug-likeness (QED) is 0.506. The van der Waals surface area contributed by atoms with E-state index in [-0.39, 0.29) is 5.56 Å². The molecule has 0 fully saturated rings. The molecule has 0 amide bonds. The number of esters is 1. The summed E-state index contributed by atoms with van der Waals surface area (Å²) < 4.78 is 4.64. The lowest BCUT2D eigenvalue weighted by atomic mass is 10.0. The van der Waals surface area contributed by atoms with E-state index in [1.165, 1.54) is 7.11 Å². The van der Waals surface area contributed by atoms with Crippen LogP contribution < -0.4 is 11.1 Å². The molecule has 0 aliphatic rings. The number of nitrogen functional groups attached to an aromatic ring is 1. The molecule has 0 saturated carbocycles. The number of aliphatic hydroxyl groups excluding tert-OH is 1. The van der Waals surface area contributed by atoms with Crippen molar-refractivity contribution in [2.45, 2.75) is 6.10 Å². The maximum atomic E-state index is 11.5. The van der Waals surface area contributed by atoms with Gasteiger partial charge in [0.05, 0.1) is 18.8 Å². The highest BCUT2D eigenvalue weighted by molar-refractivity contribution is 5.96. The summed E-state index contributed by atoms with van der Waals surface area (Å²) in [7, 11) is 3.00. The third-order valence-electron chi connectivity index (χ3n) is 2.27. The van der Waals surface area contributed by atoms with E-state index >= 15 is 0 Å². The number of rotatable bonds is 4. The lowest BCUT2D eigenvalue weighted by Crippen LogP contribution is -2.20. The first-order valence-electron chi connectivity index (χ1n) is 4.91. The van der Waals surface area contributed by atoms with E-state index in [4.69, 9.17) is 5.73 Å². The second-order valence-corrected chi connectivity index (χ2v) is 3.38. The van der Waals surface area contributed by atoms with Crippen LogP contribution >= 0.6 is 0 Å². The second kappa shape index (κ2) is 5.48. The van der Waals surface area contributed by atoms with E-state index in [1.807, 2.05) is 0 Å². The summed E-state index contributed by atoms with van der Waals surface area (Å²) in [5.41, 5.74) is 6.71. The van der Waals surface area contributed by atoms with Crippen LogP contribution in [-0.4, -0.2) is 31.8 Å². The Labute approximate surface area is 94.2 Å². The Hall–Kier alpha value is -1.59. The first-order valence-corrected chi connectivity index (χ1v) is 4.91. The van der Waals surface area contributed by atoms with Gasteiger partial charge in [-0.3, -0.25) is 0 Å². The maximum Gasteiger partial charge on any atom is 0.340 e. The Balaban J connectivity index is 3.17. The van der Waals surface area contributed by atoms with Gasteiger partial charge in [-0.1, -0.05) is 12.1 Å². The molecule has 5 nitrogen and oxygen atoms in total. The van der Waals surface area contributed by atoms with Crippen molar-refractivity contribution < 1.29 is 14.6 Å². The van der Waals surface area contributed by atoms with Gasteiger partial charge in [-0.2, -0.15) is 0 Å². The number of hydrogen-bond donors (Lipinski definition) is 3. The molecule has 0 heterocycles. The van der Waals surface area contributed by atoms with Crippen molar-refractivity contribution in [2.24, 2.45) is 0 Å². The third-order valence-corrected chi connectivity index (χ3v) is 2.27. The zero-order valence-corrected chi connectivity index (χ0v) is 9.36. The molecule has 0 saturated heterocycles. The average molecular weight is 224 g/mol. The van der Waals surface area contributed by atoms with Crippen LogP contribution in [0.4, 0.5) is 5.69 Å². The first-order chi connectivity index (χ1) is 7.61. The van der Waals surface area contributed by atoms with E-state index in [0.717, 1.165) is 0 Å². The monoisotopic (exact) mass is 224 g/mol. The molecular formula is C11H16N2O3. The Kier molecular flexibility index (Phi) is 4.28. The maximum absolute atomic E-state index is 11.5. The van der Waals surface area contributed by atoms with Crippen molar-refractivity contribution in [1.29, 1.82) is 0 Å². The molecule has 5 heteroatoms.